The minimum Gasteiger partial charge on any atom is -0.337 e. The highest BCUT2D eigenvalue weighted by Gasteiger charge is 2.35. The van der Waals surface area contributed by atoms with Gasteiger partial charge in [0.25, 0.3) is 0 Å². The van der Waals surface area contributed by atoms with Crippen LogP contribution >= 0.6 is 0 Å². The molecule has 22 heavy (non-hydrogen) atoms. The van der Waals surface area contributed by atoms with Gasteiger partial charge in [-0.05, 0) is 25.6 Å². The van der Waals surface area contributed by atoms with Crippen molar-refractivity contribution in [2.24, 2.45) is 0 Å². The number of nitrogens with zero attached hydrogens (tertiary/aromatic N) is 4. The van der Waals surface area contributed by atoms with Gasteiger partial charge in [0.2, 0.25) is 21.7 Å². The summed E-state index contributed by atoms with van der Waals surface area (Å²) < 4.78 is 30.6. The van der Waals surface area contributed by atoms with E-state index in [0.717, 1.165) is 11.8 Å². The molecule has 8 nitrogen and oxygen atoms in total. The van der Waals surface area contributed by atoms with Crippen LogP contribution in [-0.4, -0.2) is 54.3 Å². The highest BCUT2D eigenvalue weighted by Crippen LogP contribution is 2.30. The molecule has 2 atom stereocenters. The summed E-state index contributed by atoms with van der Waals surface area (Å²) in [6, 6.07) is 3.37. The van der Waals surface area contributed by atoms with E-state index in [4.69, 9.17) is 4.52 Å². The third kappa shape index (κ3) is 3.32. The van der Waals surface area contributed by atoms with Crippen LogP contribution in [0.4, 0.5) is 0 Å². The zero-order chi connectivity index (χ0) is 15.7. The van der Waals surface area contributed by atoms with Crippen molar-refractivity contribution >= 4 is 10.0 Å². The van der Waals surface area contributed by atoms with E-state index in [-0.39, 0.29) is 12.1 Å². The second-order valence-corrected chi connectivity index (χ2v) is 7.25. The Kier molecular flexibility index (Phi) is 3.94. The number of likely N-dealkylation sites (N-methyl/N-ethyl adjacent to an activating group) is 1. The minimum absolute atomic E-state index is 0.0951. The van der Waals surface area contributed by atoms with E-state index < -0.39 is 10.0 Å². The van der Waals surface area contributed by atoms with Gasteiger partial charge in [-0.2, -0.15) is 4.98 Å². The molecule has 0 radical (unpaired) electrons. The maximum Gasteiger partial charge on any atom is 0.244 e. The number of aromatic nitrogens is 3. The maximum absolute atomic E-state index is 11.3. The van der Waals surface area contributed by atoms with E-state index in [2.05, 4.69) is 19.8 Å². The molecule has 1 aliphatic heterocycles. The quantitative estimate of drug-likeness (QED) is 0.870. The first kappa shape index (κ1) is 15.1. The van der Waals surface area contributed by atoms with Crippen LogP contribution in [0.1, 0.15) is 18.4 Å². The van der Waals surface area contributed by atoms with Crippen LogP contribution in [0.25, 0.3) is 11.4 Å². The van der Waals surface area contributed by atoms with Crippen LogP contribution < -0.4 is 4.72 Å². The largest absolute Gasteiger partial charge is 0.337 e. The fourth-order valence-electron chi connectivity index (χ4n) is 2.67. The fraction of sp³-hybridized carbons (Fsp3) is 0.462. The number of rotatable bonds is 4. The lowest BCUT2D eigenvalue weighted by Gasteiger charge is -2.13. The number of hydrogen-bond acceptors (Lipinski definition) is 7. The van der Waals surface area contributed by atoms with Crippen molar-refractivity contribution in [1.82, 2.24) is 24.7 Å². The van der Waals surface area contributed by atoms with Gasteiger partial charge >= 0.3 is 0 Å². The van der Waals surface area contributed by atoms with Crippen LogP contribution in [0.3, 0.4) is 0 Å². The SMILES string of the molecule is CN1C[C@@H](NS(C)(=O)=O)C[C@H]1c1nc(-c2ccncc2)no1. The Morgan fingerprint density at radius 1 is 1.36 bits per heavy atom. The molecule has 2 aromatic heterocycles. The predicted octanol–water partition coefficient (Wildman–Crippen LogP) is 0.426. The van der Waals surface area contributed by atoms with Crippen LogP contribution in [0.15, 0.2) is 29.0 Å². The molecular weight excluding hydrogens is 306 g/mol. The van der Waals surface area contributed by atoms with Gasteiger partial charge in [0.05, 0.1) is 12.3 Å². The highest BCUT2D eigenvalue weighted by molar-refractivity contribution is 7.88. The smallest absolute Gasteiger partial charge is 0.244 e. The number of likely N-dealkylation sites (tertiary alicyclic amines) is 1. The number of nitrogens with one attached hydrogen (secondary N) is 1. The summed E-state index contributed by atoms with van der Waals surface area (Å²) in [5.41, 5.74) is 0.830. The molecule has 1 saturated heterocycles. The molecule has 1 aliphatic rings. The summed E-state index contributed by atoms with van der Waals surface area (Å²) >= 11 is 0. The Hall–Kier alpha value is -1.84. The Morgan fingerprint density at radius 3 is 2.77 bits per heavy atom. The lowest BCUT2D eigenvalue weighted by Crippen LogP contribution is -2.35. The molecule has 0 aromatic carbocycles. The van der Waals surface area contributed by atoms with Gasteiger partial charge < -0.3 is 4.52 Å². The number of hydrogen-bond donors (Lipinski definition) is 1. The van der Waals surface area contributed by atoms with E-state index in [1.54, 1.807) is 24.5 Å². The van der Waals surface area contributed by atoms with Crippen LogP contribution in [0, 0.1) is 0 Å². The van der Waals surface area contributed by atoms with E-state index in [0.29, 0.717) is 24.7 Å². The van der Waals surface area contributed by atoms with Crippen LogP contribution in [0.5, 0.6) is 0 Å². The summed E-state index contributed by atoms with van der Waals surface area (Å²) in [5, 5.41) is 3.99. The van der Waals surface area contributed by atoms with Crippen molar-refractivity contribution < 1.29 is 12.9 Å². The second kappa shape index (κ2) is 5.75. The molecule has 0 saturated carbocycles. The lowest BCUT2D eigenvalue weighted by atomic mass is 10.2. The van der Waals surface area contributed by atoms with Gasteiger partial charge in [0.1, 0.15) is 0 Å². The third-order valence-corrected chi connectivity index (χ3v) is 4.36. The standard InChI is InChI=1S/C13H17N5O3S/c1-18-8-10(17-22(2,19)20)7-11(18)13-15-12(16-21-13)9-3-5-14-6-4-9/h3-6,10-11,17H,7-8H2,1-2H3/t10-,11-/m0/s1. The normalized spacial score (nSPS) is 23.0. The maximum atomic E-state index is 11.3. The van der Waals surface area contributed by atoms with Crippen LogP contribution in [-0.2, 0) is 10.0 Å². The molecule has 0 amide bonds. The van der Waals surface area contributed by atoms with Crippen molar-refractivity contribution in [3.8, 4) is 11.4 Å². The first-order chi connectivity index (χ1) is 10.4. The summed E-state index contributed by atoms with van der Waals surface area (Å²) in [6.07, 6.45) is 5.09. The summed E-state index contributed by atoms with van der Waals surface area (Å²) in [7, 11) is -1.32. The van der Waals surface area contributed by atoms with E-state index in [1.807, 2.05) is 11.9 Å². The molecule has 3 heterocycles. The average Bonchev–Trinajstić information content (AvgIpc) is 3.05. The summed E-state index contributed by atoms with van der Waals surface area (Å²) in [6.45, 7) is 0.602. The molecule has 118 valence electrons. The van der Waals surface area contributed by atoms with Gasteiger partial charge in [-0.1, -0.05) is 5.16 Å². The first-order valence-electron chi connectivity index (χ1n) is 6.84. The second-order valence-electron chi connectivity index (χ2n) is 5.47. The van der Waals surface area contributed by atoms with Gasteiger partial charge in [0.15, 0.2) is 0 Å². The van der Waals surface area contributed by atoms with Gasteiger partial charge in [-0.25, -0.2) is 13.1 Å². The van der Waals surface area contributed by atoms with E-state index >= 15 is 0 Å². The molecular formula is C13H17N5O3S. The van der Waals surface area contributed by atoms with Crippen molar-refractivity contribution in [3.05, 3.63) is 30.4 Å². The molecule has 9 heteroatoms. The minimum atomic E-state index is -3.22. The van der Waals surface area contributed by atoms with E-state index in [1.165, 1.54) is 0 Å². The Balaban J connectivity index is 1.76. The fourth-order valence-corrected chi connectivity index (χ4v) is 3.44. The molecule has 3 rings (SSSR count). The van der Waals surface area contributed by atoms with Crippen molar-refractivity contribution in [2.45, 2.75) is 18.5 Å². The molecule has 2 aromatic rings. The predicted molar refractivity (Wildman–Crippen MR) is 79.3 cm³/mol. The zero-order valence-electron chi connectivity index (χ0n) is 12.3. The van der Waals surface area contributed by atoms with Crippen molar-refractivity contribution in [1.29, 1.82) is 0 Å². The molecule has 0 spiro atoms. The molecule has 0 bridgehead atoms. The van der Waals surface area contributed by atoms with Gasteiger partial charge in [-0.15, -0.1) is 0 Å². The topological polar surface area (TPSA) is 101 Å². The summed E-state index contributed by atoms with van der Waals surface area (Å²) in [4.78, 5) is 10.4. The van der Waals surface area contributed by atoms with Crippen LogP contribution in [0.2, 0.25) is 0 Å². The molecule has 1 fully saturated rings. The first-order valence-corrected chi connectivity index (χ1v) is 8.73. The molecule has 1 N–H and O–H groups in total. The Morgan fingerprint density at radius 2 is 2.09 bits per heavy atom. The highest BCUT2D eigenvalue weighted by atomic mass is 32.2. The van der Waals surface area contributed by atoms with Gasteiger partial charge in [-0.3, -0.25) is 9.88 Å². The van der Waals surface area contributed by atoms with E-state index in [9.17, 15) is 8.42 Å². The van der Waals surface area contributed by atoms with Crippen molar-refractivity contribution in [3.63, 3.8) is 0 Å². The summed E-state index contributed by atoms with van der Waals surface area (Å²) in [5.74, 6) is 0.998. The number of sulfonamides is 1. The molecule has 0 unspecified atom stereocenters. The third-order valence-electron chi connectivity index (χ3n) is 3.59. The molecule has 0 aliphatic carbocycles. The Labute approximate surface area is 128 Å². The monoisotopic (exact) mass is 323 g/mol. The zero-order valence-corrected chi connectivity index (χ0v) is 13.1. The lowest BCUT2D eigenvalue weighted by molar-refractivity contribution is 0.244. The van der Waals surface area contributed by atoms with Crippen molar-refractivity contribution in [2.75, 3.05) is 19.8 Å². The average molecular weight is 323 g/mol. The Bertz CT molecular complexity index is 746. The number of pyridine rings is 1. The van der Waals surface area contributed by atoms with Gasteiger partial charge in [0, 0.05) is 30.5 Å².